The first kappa shape index (κ1) is 28.1. The molecule has 8 nitrogen and oxygen atoms in total. The molecule has 206 valence electrons. The smallest absolute Gasteiger partial charge is 0.303 e. The summed E-state index contributed by atoms with van der Waals surface area (Å²) in [6, 6.07) is 18.7. The van der Waals surface area contributed by atoms with E-state index in [4.69, 9.17) is 13.9 Å². The minimum atomic E-state index is -0.961. The molecule has 0 bridgehead atoms. The number of nitrogens with zero attached hydrogens (tertiary/aromatic N) is 2. The number of piperazine rings is 1. The summed E-state index contributed by atoms with van der Waals surface area (Å²) in [6.45, 7) is 10.7. The molecule has 39 heavy (non-hydrogen) atoms. The Bertz CT molecular complexity index is 1320. The van der Waals surface area contributed by atoms with Crippen molar-refractivity contribution in [1.82, 2.24) is 9.80 Å². The average molecular weight is 533 g/mol. The van der Waals surface area contributed by atoms with E-state index in [9.17, 15) is 14.4 Å². The van der Waals surface area contributed by atoms with Gasteiger partial charge in [-0.15, -0.1) is 0 Å². The third-order valence-electron chi connectivity index (χ3n) is 6.74. The van der Waals surface area contributed by atoms with Gasteiger partial charge in [-0.05, 0) is 16.5 Å². The average Bonchev–Trinajstić information content (AvgIpc) is 2.91. The Morgan fingerprint density at radius 1 is 0.974 bits per heavy atom. The van der Waals surface area contributed by atoms with E-state index in [-0.39, 0.29) is 29.1 Å². The number of amides is 1. The normalized spacial score (nSPS) is 15.0. The summed E-state index contributed by atoms with van der Waals surface area (Å²) in [5.74, 6) is -0.0379. The Balaban J connectivity index is 1.30. The number of ether oxygens (including phenoxy) is 2. The van der Waals surface area contributed by atoms with Gasteiger partial charge in [0.2, 0.25) is 17.3 Å². The highest BCUT2D eigenvalue weighted by molar-refractivity contribution is 5.84. The number of benzene rings is 2. The van der Waals surface area contributed by atoms with Crippen LogP contribution < -0.4 is 10.2 Å². The third kappa shape index (κ3) is 7.57. The summed E-state index contributed by atoms with van der Waals surface area (Å²) in [4.78, 5) is 41.2. The van der Waals surface area contributed by atoms with Crippen LogP contribution in [-0.2, 0) is 32.9 Å². The van der Waals surface area contributed by atoms with Gasteiger partial charge in [0.05, 0.1) is 6.54 Å². The summed E-state index contributed by atoms with van der Waals surface area (Å²) < 4.78 is 16.8. The Labute approximate surface area is 229 Å². The highest BCUT2D eigenvalue weighted by Crippen LogP contribution is 2.23. The van der Waals surface area contributed by atoms with E-state index in [0.717, 1.165) is 5.56 Å². The van der Waals surface area contributed by atoms with Gasteiger partial charge in [-0.1, -0.05) is 75.4 Å². The van der Waals surface area contributed by atoms with Crippen molar-refractivity contribution in [2.45, 2.75) is 52.4 Å². The van der Waals surface area contributed by atoms with Gasteiger partial charge < -0.3 is 18.8 Å². The molecular formula is C31H36N2O6. The van der Waals surface area contributed by atoms with Crippen molar-refractivity contribution in [3.8, 4) is 5.75 Å². The minimum absolute atomic E-state index is 0.0763. The molecule has 1 fully saturated rings. The van der Waals surface area contributed by atoms with Gasteiger partial charge in [0.1, 0.15) is 18.6 Å². The second kappa shape index (κ2) is 12.3. The molecule has 1 aliphatic rings. The molecule has 1 aromatic heterocycles. The molecule has 0 aliphatic carbocycles. The zero-order valence-corrected chi connectivity index (χ0v) is 23.0. The molecule has 8 heteroatoms. The summed E-state index contributed by atoms with van der Waals surface area (Å²) in [5.41, 5.74) is 2.70. The van der Waals surface area contributed by atoms with Crippen molar-refractivity contribution < 1.29 is 23.5 Å². The Morgan fingerprint density at radius 3 is 2.23 bits per heavy atom. The number of carbonyl (C=O) groups is 2. The van der Waals surface area contributed by atoms with E-state index >= 15 is 0 Å². The quantitative estimate of drug-likeness (QED) is 0.396. The standard InChI is InChI=1S/C31H36N2O6/c1-22(34)39-29(24-8-6-5-7-9-24)30(36)33-16-14-32(15-17-33)19-26-18-27(35)28(21-37-26)38-20-23-10-12-25(13-11-23)31(2,3)4/h5-13,18,21,29H,14-17,19-20H2,1-4H3. The first-order valence-corrected chi connectivity index (χ1v) is 13.2. The van der Waals surface area contributed by atoms with Crippen LogP contribution in [-0.4, -0.2) is 47.9 Å². The zero-order valence-electron chi connectivity index (χ0n) is 23.0. The van der Waals surface area contributed by atoms with Gasteiger partial charge in [0, 0.05) is 44.7 Å². The van der Waals surface area contributed by atoms with Gasteiger partial charge in [-0.2, -0.15) is 0 Å². The maximum atomic E-state index is 13.2. The van der Waals surface area contributed by atoms with Gasteiger partial charge in [-0.3, -0.25) is 19.3 Å². The lowest BCUT2D eigenvalue weighted by atomic mass is 9.87. The van der Waals surface area contributed by atoms with Gasteiger partial charge in [0.15, 0.2) is 0 Å². The van der Waals surface area contributed by atoms with Crippen LogP contribution in [0.5, 0.6) is 5.75 Å². The molecule has 0 saturated carbocycles. The number of carbonyl (C=O) groups excluding carboxylic acids is 2. The van der Waals surface area contributed by atoms with E-state index in [1.165, 1.54) is 24.8 Å². The van der Waals surface area contributed by atoms with Crippen molar-refractivity contribution in [2.75, 3.05) is 26.2 Å². The Hall–Kier alpha value is -3.91. The molecule has 3 aromatic rings. The molecule has 2 aromatic carbocycles. The maximum Gasteiger partial charge on any atom is 0.303 e. The lowest BCUT2D eigenvalue weighted by Gasteiger charge is -2.35. The molecule has 4 rings (SSSR count). The fourth-order valence-corrected chi connectivity index (χ4v) is 4.46. The van der Waals surface area contributed by atoms with Crippen molar-refractivity contribution in [2.24, 2.45) is 0 Å². The van der Waals surface area contributed by atoms with Crippen molar-refractivity contribution in [1.29, 1.82) is 0 Å². The second-order valence-electron chi connectivity index (χ2n) is 10.8. The molecule has 1 aliphatic heterocycles. The highest BCUT2D eigenvalue weighted by atomic mass is 16.5. The molecule has 1 amide bonds. The van der Waals surface area contributed by atoms with Crippen LogP contribution in [0.3, 0.4) is 0 Å². The molecule has 2 heterocycles. The Morgan fingerprint density at radius 2 is 1.64 bits per heavy atom. The van der Waals surface area contributed by atoms with Crippen LogP contribution in [0.15, 0.2) is 76.1 Å². The van der Waals surface area contributed by atoms with Crippen LogP contribution in [0.4, 0.5) is 0 Å². The monoisotopic (exact) mass is 532 g/mol. The second-order valence-corrected chi connectivity index (χ2v) is 10.8. The third-order valence-corrected chi connectivity index (χ3v) is 6.74. The van der Waals surface area contributed by atoms with Gasteiger partial charge >= 0.3 is 5.97 Å². The van der Waals surface area contributed by atoms with Crippen LogP contribution in [0.1, 0.15) is 56.2 Å². The first-order valence-electron chi connectivity index (χ1n) is 13.2. The summed E-state index contributed by atoms with van der Waals surface area (Å²) >= 11 is 0. The predicted octanol–water partition coefficient (Wildman–Crippen LogP) is 4.46. The van der Waals surface area contributed by atoms with Crippen LogP contribution in [0, 0.1) is 0 Å². The SMILES string of the molecule is CC(=O)OC(C(=O)N1CCN(Cc2cc(=O)c(OCc3ccc(C(C)(C)C)cc3)co2)CC1)c1ccccc1. The summed E-state index contributed by atoms with van der Waals surface area (Å²) in [7, 11) is 0. The lowest BCUT2D eigenvalue weighted by molar-refractivity contribution is -0.160. The minimum Gasteiger partial charge on any atom is -0.482 e. The molecule has 1 atom stereocenters. The van der Waals surface area contributed by atoms with Gasteiger partial charge in [-0.25, -0.2) is 0 Å². The fraction of sp³-hybridized carbons (Fsp3) is 0.387. The summed E-state index contributed by atoms with van der Waals surface area (Å²) in [5, 5.41) is 0. The van der Waals surface area contributed by atoms with Crippen molar-refractivity contribution in [3.05, 3.63) is 99.6 Å². The van der Waals surface area contributed by atoms with Crippen molar-refractivity contribution in [3.63, 3.8) is 0 Å². The van der Waals surface area contributed by atoms with Crippen LogP contribution in [0.25, 0.3) is 0 Å². The van der Waals surface area contributed by atoms with Crippen LogP contribution in [0.2, 0.25) is 0 Å². The molecule has 1 unspecified atom stereocenters. The molecule has 1 saturated heterocycles. The first-order chi connectivity index (χ1) is 18.6. The molecule has 0 radical (unpaired) electrons. The topological polar surface area (TPSA) is 89.3 Å². The fourth-order valence-electron chi connectivity index (χ4n) is 4.46. The van der Waals surface area contributed by atoms with E-state index < -0.39 is 12.1 Å². The van der Waals surface area contributed by atoms with E-state index in [2.05, 4.69) is 37.8 Å². The van der Waals surface area contributed by atoms with E-state index in [0.29, 0.717) is 44.0 Å². The van der Waals surface area contributed by atoms with E-state index in [1.54, 1.807) is 17.0 Å². The number of hydrogen-bond acceptors (Lipinski definition) is 7. The van der Waals surface area contributed by atoms with E-state index in [1.807, 2.05) is 30.3 Å². The number of esters is 1. The number of rotatable bonds is 8. The Kier molecular flexibility index (Phi) is 8.86. The molecular weight excluding hydrogens is 496 g/mol. The van der Waals surface area contributed by atoms with Gasteiger partial charge in [0.25, 0.3) is 5.91 Å². The highest BCUT2D eigenvalue weighted by Gasteiger charge is 2.31. The lowest BCUT2D eigenvalue weighted by Crippen LogP contribution is -2.50. The summed E-state index contributed by atoms with van der Waals surface area (Å²) in [6.07, 6.45) is 0.405. The largest absolute Gasteiger partial charge is 0.482 e. The maximum absolute atomic E-state index is 13.2. The zero-order chi connectivity index (χ0) is 28.0. The predicted molar refractivity (Wildman–Crippen MR) is 147 cm³/mol. The van der Waals surface area contributed by atoms with Crippen molar-refractivity contribution >= 4 is 11.9 Å². The molecule has 0 N–H and O–H groups in total. The van der Waals surface area contributed by atoms with Crippen LogP contribution >= 0.6 is 0 Å². The molecule has 0 spiro atoms. The number of hydrogen-bond donors (Lipinski definition) is 0.